The predicted octanol–water partition coefficient (Wildman–Crippen LogP) is 4.01. The summed E-state index contributed by atoms with van der Waals surface area (Å²) in [5.41, 5.74) is 2.47. The first-order valence-corrected chi connectivity index (χ1v) is 7.56. The molecule has 0 aromatic heterocycles. The molecule has 22 heavy (non-hydrogen) atoms. The number of hydrogen-bond donors (Lipinski definition) is 1. The molecular formula is C17H16BrNO3. The Balaban J connectivity index is 2.21. The summed E-state index contributed by atoms with van der Waals surface area (Å²) in [4.78, 5) is 15.7. The molecule has 0 bridgehead atoms. The van der Waals surface area contributed by atoms with Crippen LogP contribution in [-0.4, -0.2) is 24.4 Å². The van der Waals surface area contributed by atoms with Crippen LogP contribution in [0.2, 0.25) is 0 Å². The highest BCUT2D eigenvalue weighted by atomic mass is 79.9. The molecule has 0 atom stereocenters. The third kappa shape index (κ3) is 4.70. The van der Waals surface area contributed by atoms with Crippen LogP contribution in [0, 0.1) is 0 Å². The van der Waals surface area contributed by atoms with Crippen molar-refractivity contribution < 1.29 is 14.6 Å². The molecule has 2 aromatic rings. The van der Waals surface area contributed by atoms with E-state index in [1.807, 2.05) is 24.3 Å². The van der Waals surface area contributed by atoms with Gasteiger partial charge >= 0.3 is 5.97 Å². The second-order valence-electron chi connectivity index (χ2n) is 4.70. The summed E-state index contributed by atoms with van der Waals surface area (Å²) in [5, 5.41) is 9.63. The Kier molecular flexibility index (Phi) is 5.72. The van der Waals surface area contributed by atoms with E-state index in [9.17, 15) is 9.90 Å². The van der Waals surface area contributed by atoms with Gasteiger partial charge in [-0.2, -0.15) is 0 Å². The quantitative estimate of drug-likeness (QED) is 0.646. The molecule has 2 aromatic carbocycles. The van der Waals surface area contributed by atoms with E-state index in [1.54, 1.807) is 24.4 Å². The molecule has 0 heterocycles. The molecule has 114 valence electrons. The second kappa shape index (κ2) is 7.75. The number of aryl methyl sites for hydroxylation is 1. The molecule has 0 amide bonds. The van der Waals surface area contributed by atoms with Gasteiger partial charge in [-0.05, 0) is 35.7 Å². The number of esters is 1. The maximum atomic E-state index is 11.3. The fourth-order valence-electron chi connectivity index (χ4n) is 1.95. The van der Waals surface area contributed by atoms with E-state index in [4.69, 9.17) is 0 Å². The number of halogens is 1. The topological polar surface area (TPSA) is 58.9 Å². The largest absolute Gasteiger partial charge is 0.508 e. The Labute approximate surface area is 137 Å². The minimum atomic E-state index is -0.269. The summed E-state index contributed by atoms with van der Waals surface area (Å²) < 4.78 is 5.62. The Hall–Kier alpha value is -2.14. The van der Waals surface area contributed by atoms with Crippen LogP contribution in [0.4, 0.5) is 5.69 Å². The third-order valence-corrected chi connectivity index (χ3v) is 3.59. The van der Waals surface area contributed by atoms with Crippen molar-refractivity contribution in [3.05, 3.63) is 58.1 Å². The van der Waals surface area contributed by atoms with Crippen molar-refractivity contribution in [3.63, 3.8) is 0 Å². The maximum Gasteiger partial charge on any atom is 0.305 e. The maximum absolute atomic E-state index is 11.3. The molecule has 0 radical (unpaired) electrons. The number of aromatic hydroxyl groups is 1. The zero-order chi connectivity index (χ0) is 15.9. The van der Waals surface area contributed by atoms with Crippen LogP contribution < -0.4 is 0 Å². The van der Waals surface area contributed by atoms with E-state index < -0.39 is 0 Å². The first kappa shape index (κ1) is 16.2. The van der Waals surface area contributed by atoms with Crippen molar-refractivity contribution in [1.29, 1.82) is 0 Å². The number of nitrogens with zero attached hydrogens (tertiary/aromatic N) is 1. The lowest BCUT2D eigenvalue weighted by Crippen LogP contribution is -2.02. The van der Waals surface area contributed by atoms with Gasteiger partial charge in [0, 0.05) is 23.2 Å². The third-order valence-electron chi connectivity index (χ3n) is 3.10. The minimum Gasteiger partial charge on any atom is -0.508 e. The lowest BCUT2D eigenvalue weighted by Gasteiger charge is -2.06. The van der Waals surface area contributed by atoms with Gasteiger partial charge in [-0.1, -0.05) is 34.1 Å². The molecule has 0 saturated heterocycles. The molecule has 0 saturated carbocycles. The number of hydrogen-bond acceptors (Lipinski definition) is 4. The summed E-state index contributed by atoms with van der Waals surface area (Å²) in [6.45, 7) is 0. The van der Waals surface area contributed by atoms with Gasteiger partial charge in [0.1, 0.15) is 5.75 Å². The van der Waals surface area contributed by atoms with Gasteiger partial charge in [0.15, 0.2) is 0 Å². The van der Waals surface area contributed by atoms with Gasteiger partial charge in [-0.15, -0.1) is 0 Å². The Morgan fingerprint density at radius 1 is 1.32 bits per heavy atom. The van der Waals surface area contributed by atoms with E-state index in [0.717, 1.165) is 15.6 Å². The Bertz CT molecular complexity index is 698. The van der Waals surface area contributed by atoms with Crippen LogP contribution in [-0.2, 0) is 16.0 Å². The van der Waals surface area contributed by atoms with Crippen LogP contribution in [0.15, 0.2) is 51.9 Å². The molecule has 0 unspecified atom stereocenters. The summed E-state index contributed by atoms with van der Waals surface area (Å²) in [6, 6.07) is 12.7. The van der Waals surface area contributed by atoms with E-state index >= 15 is 0 Å². The van der Waals surface area contributed by atoms with Crippen molar-refractivity contribution in [3.8, 4) is 5.75 Å². The first-order valence-electron chi connectivity index (χ1n) is 6.77. The number of carbonyl (C=O) groups excluding carboxylic acids is 1. The van der Waals surface area contributed by atoms with Gasteiger partial charge in [0.2, 0.25) is 0 Å². The molecule has 0 aliphatic rings. The van der Waals surface area contributed by atoms with E-state index in [-0.39, 0.29) is 18.1 Å². The zero-order valence-electron chi connectivity index (χ0n) is 12.1. The fourth-order valence-corrected chi connectivity index (χ4v) is 2.37. The number of rotatable bonds is 5. The predicted molar refractivity (Wildman–Crippen MR) is 89.8 cm³/mol. The van der Waals surface area contributed by atoms with Crippen molar-refractivity contribution in [2.75, 3.05) is 7.11 Å². The zero-order valence-corrected chi connectivity index (χ0v) is 13.7. The van der Waals surface area contributed by atoms with Crippen molar-refractivity contribution in [2.24, 2.45) is 4.99 Å². The molecule has 0 fully saturated rings. The summed E-state index contributed by atoms with van der Waals surface area (Å²) >= 11 is 3.41. The van der Waals surface area contributed by atoms with Gasteiger partial charge < -0.3 is 9.84 Å². The lowest BCUT2D eigenvalue weighted by atomic mass is 10.1. The Morgan fingerprint density at radius 3 is 2.86 bits per heavy atom. The normalized spacial score (nSPS) is 10.8. The number of aliphatic imine (C=N–C) groups is 1. The summed E-state index contributed by atoms with van der Waals surface area (Å²) in [5.74, 6) is -0.127. The smallest absolute Gasteiger partial charge is 0.305 e. The highest BCUT2D eigenvalue weighted by Crippen LogP contribution is 2.26. The van der Waals surface area contributed by atoms with Crippen LogP contribution in [0.1, 0.15) is 17.5 Å². The van der Waals surface area contributed by atoms with Crippen molar-refractivity contribution >= 4 is 33.8 Å². The van der Waals surface area contributed by atoms with Gasteiger partial charge in [0.25, 0.3) is 0 Å². The molecule has 0 aliphatic heterocycles. The minimum absolute atomic E-state index is 0.142. The molecule has 0 spiro atoms. The van der Waals surface area contributed by atoms with E-state index in [0.29, 0.717) is 12.1 Å². The summed E-state index contributed by atoms with van der Waals surface area (Å²) in [7, 11) is 1.37. The van der Waals surface area contributed by atoms with Crippen LogP contribution in [0.3, 0.4) is 0 Å². The number of phenols is 1. The lowest BCUT2D eigenvalue weighted by molar-refractivity contribution is -0.140. The molecule has 0 aliphatic carbocycles. The highest BCUT2D eigenvalue weighted by Gasteiger charge is 2.06. The standard InChI is InChI=1S/C17H16BrNO3/c1-22-17(21)8-6-13-5-7-15(20)10-16(13)19-11-12-3-2-4-14(18)9-12/h2-5,7,9-11,20H,6,8H2,1H3. The number of benzene rings is 2. The average molecular weight is 362 g/mol. The molecule has 5 heteroatoms. The van der Waals surface area contributed by atoms with Crippen LogP contribution >= 0.6 is 15.9 Å². The number of methoxy groups -OCH3 is 1. The van der Waals surface area contributed by atoms with Crippen LogP contribution in [0.25, 0.3) is 0 Å². The van der Waals surface area contributed by atoms with Crippen LogP contribution in [0.5, 0.6) is 5.75 Å². The van der Waals surface area contributed by atoms with Crippen molar-refractivity contribution in [1.82, 2.24) is 0 Å². The first-order chi connectivity index (χ1) is 10.6. The number of phenolic OH excluding ortho intramolecular Hbond substituents is 1. The Morgan fingerprint density at radius 2 is 2.14 bits per heavy atom. The number of carbonyl (C=O) groups is 1. The SMILES string of the molecule is COC(=O)CCc1ccc(O)cc1N=Cc1cccc(Br)c1. The van der Waals surface area contributed by atoms with Crippen molar-refractivity contribution in [2.45, 2.75) is 12.8 Å². The fraction of sp³-hybridized carbons (Fsp3) is 0.176. The van der Waals surface area contributed by atoms with E-state index in [2.05, 4.69) is 25.7 Å². The molecule has 1 N–H and O–H groups in total. The van der Waals surface area contributed by atoms with Gasteiger partial charge in [-0.3, -0.25) is 9.79 Å². The molecule has 4 nitrogen and oxygen atoms in total. The number of ether oxygens (including phenoxy) is 1. The monoisotopic (exact) mass is 361 g/mol. The second-order valence-corrected chi connectivity index (χ2v) is 5.62. The molecule has 2 rings (SSSR count). The average Bonchev–Trinajstić information content (AvgIpc) is 2.51. The van der Waals surface area contributed by atoms with E-state index in [1.165, 1.54) is 7.11 Å². The molecular weight excluding hydrogens is 346 g/mol. The summed E-state index contributed by atoms with van der Waals surface area (Å²) in [6.07, 6.45) is 2.51. The van der Waals surface area contributed by atoms with Gasteiger partial charge in [0.05, 0.1) is 12.8 Å². The van der Waals surface area contributed by atoms with Gasteiger partial charge in [-0.25, -0.2) is 0 Å². The highest BCUT2D eigenvalue weighted by molar-refractivity contribution is 9.10.